The van der Waals surface area contributed by atoms with Crippen LogP contribution >= 0.6 is 23.2 Å². The standard InChI is InChI=1S/C18H20Cl2N2O/c1-10(2)15-14(23-5)9-12(4)18(16(15)20)22-21-17-11(3)7-6-8-13(17)19/h6-10H,1-5H3. The van der Waals surface area contributed by atoms with Gasteiger partial charge in [-0.15, -0.1) is 10.2 Å². The van der Waals surface area contributed by atoms with Crippen molar-refractivity contribution in [1.29, 1.82) is 0 Å². The minimum atomic E-state index is 0.217. The maximum atomic E-state index is 6.57. The third-order valence-electron chi connectivity index (χ3n) is 3.67. The number of hydrogen-bond acceptors (Lipinski definition) is 3. The molecular weight excluding hydrogens is 331 g/mol. The zero-order chi connectivity index (χ0) is 17.1. The molecule has 5 heteroatoms. The van der Waals surface area contributed by atoms with Crippen molar-refractivity contribution in [2.45, 2.75) is 33.6 Å². The van der Waals surface area contributed by atoms with Crippen LogP contribution in [0.5, 0.6) is 5.75 Å². The maximum absolute atomic E-state index is 6.57. The van der Waals surface area contributed by atoms with E-state index in [2.05, 4.69) is 24.1 Å². The Morgan fingerprint density at radius 1 is 1.00 bits per heavy atom. The SMILES string of the molecule is COc1cc(C)c(N=Nc2c(C)cccc2Cl)c(Cl)c1C(C)C. The van der Waals surface area contributed by atoms with E-state index in [1.807, 2.05) is 32.0 Å². The Morgan fingerprint density at radius 3 is 2.22 bits per heavy atom. The maximum Gasteiger partial charge on any atom is 0.124 e. The van der Waals surface area contributed by atoms with Crippen LogP contribution in [0.15, 0.2) is 34.5 Å². The predicted molar refractivity (Wildman–Crippen MR) is 97.2 cm³/mol. The highest BCUT2D eigenvalue weighted by Gasteiger charge is 2.18. The van der Waals surface area contributed by atoms with Gasteiger partial charge in [-0.2, -0.15) is 0 Å². The van der Waals surface area contributed by atoms with Gasteiger partial charge in [0.05, 0.1) is 17.2 Å². The summed E-state index contributed by atoms with van der Waals surface area (Å²) < 4.78 is 5.45. The molecule has 122 valence electrons. The van der Waals surface area contributed by atoms with E-state index in [4.69, 9.17) is 27.9 Å². The van der Waals surface area contributed by atoms with E-state index in [-0.39, 0.29) is 5.92 Å². The second kappa shape index (κ2) is 7.33. The number of ether oxygens (including phenoxy) is 1. The van der Waals surface area contributed by atoms with E-state index in [9.17, 15) is 0 Å². The Balaban J connectivity index is 2.56. The van der Waals surface area contributed by atoms with Crippen molar-refractivity contribution in [3.63, 3.8) is 0 Å². The molecule has 0 aliphatic heterocycles. The monoisotopic (exact) mass is 350 g/mol. The van der Waals surface area contributed by atoms with Crippen molar-refractivity contribution in [3.8, 4) is 5.75 Å². The summed E-state index contributed by atoms with van der Waals surface area (Å²) in [6, 6.07) is 7.57. The molecule has 0 amide bonds. The molecule has 0 N–H and O–H groups in total. The molecule has 0 heterocycles. The van der Waals surface area contributed by atoms with Crippen LogP contribution in [0.1, 0.15) is 36.5 Å². The highest BCUT2D eigenvalue weighted by Crippen LogP contribution is 2.43. The minimum Gasteiger partial charge on any atom is -0.496 e. The zero-order valence-electron chi connectivity index (χ0n) is 13.9. The lowest BCUT2D eigenvalue weighted by Gasteiger charge is -2.16. The van der Waals surface area contributed by atoms with E-state index in [1.165, 1.54) is 0 Å². The molecule has 0 atom stereocenters. The Labute approximate surface area is 147 Å². The van der Waals surface area contributed by atoms with E-state index in [1.54, 1.807) is 13.2 Å². The van der Waals surface area contributed by atoms with E-state index in [0.717, 1.165) is 22.4 Å². The van der Waals surface area contributed by atoms with Gasteiger partial charge in [0.15, 0.2) is 0 Å². The molecule has 0 saturated heterocycles. The van der Waals surface area contributed by atoms with E-state index in [0.29, 0.717) is 21.4 Å². The van der Waals surface area contributed by atoms with Crippen LogP contribution in [0.4, 0.5) is 11.4 Å². The van der Waals surface area contributed by atoms with Crippen molar-refractivity contribution >= 4 is 34.6 Å². The first-order valence-corrected chi connectivity index (χ1v) is 8.16. The number of nitrogens with zero attached hydrogens (tertiary/aromatic N) is 2. The van der Waals surface area contributed by atoms with Crippen LogP contribution in [0.2, 0.25) is 10.0 Å². The molecule has 3 nitrogen and oxygen atoms in total. The van der Waals surface area contributed by atoms with Crippen LogP contribution in [0.25, 0.3) is 0 Å². The fourth-order valence-corrected chi connectivity index (χ4v) is 3.19. The van der Waals surface area contributed by atoms with E-state index >= 15 is 0 Å². The fourth-order valence-electron chi connectivity index (χ4n) is 2.43. The highest BCUT2D eigenvalue weighted by molar-refractivity contribution is 6.34. The lowest BCUT2D eigenvalue weighted by atomic mass is 9.99. The smallest absolute Gasteiger partial charge is 0.124 e. The molecule has 0 fully saturated rings. The van der Waals surface area contributed by atoms with Crippen LogP contribution in [-0.4, -0.2) is 7.11 Å². The molecule has 0 unspecified atom stereocenters. The van der Waals surface area contributed by atoms with Gasteiger partial charge in [0.1, 0.15) is 17.1 Å². The summed E-state index contributed by atoms with van der Waals surface area (Å²) in [7, 11) is 1.64. The van der Waals surface area contributed by atoms with Crippen molar-refractivity contribution < 1.29 is 4.74 Å². The van der Waals surface area contributed by atoms with Gasteiger partial charge in [0, 0.05) is 5.56 Å². The van der Waals surface area contributed by atoms with Gasteiger partial charge in [-0.3, -0.25) is 0 Å². The molecule has 2 aromatic rings. The first-order chi connectivity index (χ1) is 10.9. The predicted octanol–water partition coefficient (Wildman–Crippen LogP) is 7.16. The van der Waals surface area contributed by atoms with Crippen molar-refractivity contribution in [2.75, 3.05) is 7.11 Å². The normalized spacial score (nSPS) is 11.5. The molecule has 0 aliphatic rings. The van der Waals surface area contributed by atoms with Gasteiger partial charge in [-0.1, -0.05) is 49.2 Å². The second-order valence-corrected chi connectivity index (χ2v) is 6.52. The molecule has 0 aliphatic carbocycles. The number of rotatable bonds is 4. The van der Waals surface area contributed by atoms with Gasteiger partial charge in [0.2, 0.25) is 0 Å². The molecule has 0 aromatic heterocycles. The lowest BCUT2D eigenvalue weighted by molar-refractivity contribution is 0.407. The third-order valence-corrected chi connectivity index (χ3v) is 4.35. The largest absolute Gasteiger partial charge is 0.496 e. The second-order valence-electron chi connectivity index (χ2n) is 5.73. The molecule has 0 saturated carbocycles. The summed E-state index contributed by atoms with van der Waals surface area (Å²) in [5.41, 5.74) is 4.11. The molecule has 23 heavy (non-hydrogen) atoms. The van der Waals surface area contributed by atoms with Gasteiger partial charge >= 0.3 is 0 Å². The zero-order valence-corrected chi connectivity index (χ0v) is 15.5. The Morgan fingerprint density at radius 2 is 1.65 bits per heavy atom. The first kappa shape index (κ1) is 17.8. The first-order valence-electron chi connectivity index (χ1n) is 7.40. The number of halogens is 2. The van der Waals surface area contributed by atoms with Crippen LogP contribution < -0.4 is 4.74 Å². The molecular formula is C18H20Cl2N2O. The summed E-state index contributed by atoms with van der Waals surface area (Å²) in [6.07, 6.45) is 0. The molecule has 0 spiro atoms. The Bertz CT molecular complexity index is 735. The highest BCUT2D eigenvalue weighted by atomic mass is 35.5. The Kier molecular flexibility index (Phi) is 5.66. The van der Waals surface area contributed by atoms with Crippen molar-refractivity contribution in [2.24, 2.45) is 10.2 Å². The molecule has 0 radical (unpaired) electrons. The number of methoxy groups -OCH3 is 1. The molecule has 0 bridgehead atoms. The summed E-state index contributed by atoms with van der Waals surface area (Å²) in [5, 5.41) is 9.83. The fraction of sp³-hybridized carbons (Fsp3) is 0.333. The average molecular weight is 351 g/mol. The quantitative estimate of drug-likeness (QED) is 0.538. The summed E-state index contributed by atoms with van der Waals surface area (Å²) in [5.74, 6) is 0.990. The number of azo groups is 1. The summed E-state index contributed by atoms with van der Waals surface area (Å²) >= 11 is 12.8. The Hall–Kier alpha value is -1.58. The number of benzene rings is 2. The van der Waals surface area contributed by atoms with Crippen LogP contribution in [-0.2, 0) is 0 Å². The minimum absolute atomic E-state index is 0.217. The lowest BCUT2D eigenvalue weighted by Crippen LogP contribution is -1.97. The molecule has 2 rings (SSSR count). The third kappa shape index (κ3) is 3.67. The van der Waals surface area contributed by atoms with Crippen LogP contribution in [0.3, 0.4) is 0 Å². The van der Waals surface area contributed by atoms with Gasteiger partial charge in [0.25, 0.3) is 0 Å². The van der Waals surface area contributed by atoms with Crippen molar-refractivity contribution in [3.05, 3.63) is 51.0 Å². The average Bonchev–Trinajstić information content (AvgIpc) is 2.48. The van der Waals surface area contributed by atoms with Gasteiger partial charge in [-0.05, 0) is 43.0 Å². The topological polar surface area (TPSA) is 34.0 Å². The van der Waals surface area contributed by atoms with Gasteiger partial charge < -0.3 is 4.74 Å². The van der Waals surface area contributed by atoms with E-state index < -0.39 is 0 Å². The number of hydrogen-bond donors (Lipinski definition) is 0. The summed E-state index contributed by atoms with van der Waals surface area (Å²) in [4.78, 5) is 0. The van der Waals surface area contributed by atoms with Gasteiger partial charge in [-0.25, -0.2) is 0 Å². The number of aryl methyl sites for hydroxylation is 2. The van der Waals surface area contributed by atoms with Crippen molar-refractivity contribution in [1.82, 2.24) is 0 Å². The molecule has 2 aromatic carbocycles. The van der Waals surface area contributed by atoms with Crippen LogP contribution in [0, 0.1) is 13.8 Å². The summed E-state index contributed by atoms with van der Waals surface area (Å²) in [6.45, 7) is 8.02.